The number of ether oxygens (including phenoxy) is 1. The van der Waals surface area contributed by atoms with Crippen LogP contribution in [0.5, 0.6) is 0 Å². The van der Waals surface area contributed by atoms with Gasteiger partial charge in [0.1, 0.15) is 0 Å². The Morgan fingerprint density at radius 1 is 1.19 bits per heavy atom. The molecule has 26 heavy (non-hydrogen) atoms. The molecule has 1 saturated carbocycles. The molecule has 1 aliphatic rings. The predicted octanol–water partition coefficient (Wildman–Crippen LogP) is 3.04. The van der Waals surface area contributed by atoms with Crippen LogP contribution < -0.4 is 15.5 Å². The number of carbonyl (C=O) groups is 2. The monoisotopic (exact) mass is 361 g/mol. The predicted molar refractivity (Wildman–Crippen MR) is 105 cm³/mol. The molecule has 0 bridgehead atoms. The van der Waals surface area contributed by atoms with Crippen molar-refractivity contribution < 1.29 is 14.3 Å². The normalized spacial score (nSPS) is 14.7. The van der Waals surface area contributed by atoms with Crippen molar-refractivity contribution in [2.45, 2.75) is 38.5 Å². The average Bonchev–Trinajstić information content (AvgIpc) is 2.65. The maximum atomic E-state index is 12.6. The Balaban J connectivity index is 2.08. The highest BCUT2D eigenvalue weighted by atomic mass is 16.5. The van der Waals surface area contributed by atoms with Crippen LogP contribution >= 0.6 is 0 Å². The molecule has 2 rings (SSSR count). The molecule has 2 amide bonds. The third kappa shape index (κ3) is 5.73. The second-order valence-corrected chi connectivity index (χ2v) is 7.05. The Hall–Kier alpha value is -2.08. The second-order valence-electron chi connectivity index (χ2n) is 7.05. The summed E-state index contributed by atoms with van der Waals surface area (Å²) in [5, 5.41) is 5.91. The third-order valence-corrected chi connectivity index (χ3v) is 4.78. The standard InChI is InChI=1S/C20H31N3O3/c1-23(2)18-11-10-16(22-19(24)15-8-5-4-6-9-15)14-17(18)20(25)21-12-7-13-26-3/h10-11,14-15H,4-9,12-13H2,1-3H3,(H,21,25)(H,22,24). The van der Waals surface area contributed by atoms with Crippen LogP contribution in [0, 0.1) is 5.92 Å². The quantitative estimate of drug-likeness (QED) is 0.698. The molecule has 1 aromatic rings. The van der Waals surface area contributed by atoms with E-state index in [0.29, 0.717) is 24.4 Å². The van der Waals surface area contributed by atoms with Gasteiger partial charge in [0.15, 0.2) is 0 Å². The summed E-state index contributed by atoms with van der Waals surface area (Å²) in [6.07, 6.45) is 6.12. The van der Waals surface area contributed by atoms with Gasteiger partial charge in [-0.25, -0.2) is 0 Å². The Morgan fingerprint density at radius 2 is 1.92 bits per heavy atom. The van der Waals surface area contributed by atoms with Crippen molar-refractivity contribution in [3.05, 3.63) is 23.8 Å². The van der Waals surface area contributed by atoms with E-state index in [1.807, 2.05) is 31.1 Å². The zero-order valence-electron chi connectivity index (χ0n) is 16.1. The van der Waals surface area contributed by atoms with Gasteiger partial charge in [0.05, 0.1) is 5.56 Å². The molecule has 1 aromatic carbocycles. The van der Waals surface area contributed by atoms with Gasteiger partial charge < -0.3 is 20.3 Å². The van der Waals surface area contributed by atoms with Gasteiger partial charge in [-0.3, -0.25) is 9.59 Å². The molecule has 144 valence electrons. The summed E-state index contributed by atoms with van der Waals surface area (Å²) in [6, 6.07) is 5.50. The Labute approximate surface area is 156 Å². The number of anilines is 2. The molecule has 0 atom stereocenters. The number of rotatable bonds is 8. The number of benzene rings is 1. The number of carbonyl (C=O) groups excluding carboxylic acids is 2. The highest BCUT2D eigenvalue weighted by Gasteiger charge is 2.22. The van der Waals surface area contributed by atoms with E-state index in [2.05, 4.69) is 10.6 Å². The van der Waals surface area contributed by atoms with Crippen LogP contribution in [0.25, 0.3) is 0 Å². The summed E-state index contributed by atoms with van der Waals surface area (Å²) < 4.78 is 5.00. The van der Waals surface area contributed by atoms with Gasteiger partial charge in [-0.2, -0.15) is 0 Å². The molecule has 0 aliphatic heterocycles. The van der Waals surface area contributed by atoms with Crippen LogP contribution in [-0.2, 0) is 9.53 Å². The van der Waals surface area contributed by atoms with Gasteiger partial charge in [0.25, 0.3) is 5.91 Å². The largest absolute Gasteiger partial charge is 0.385 e. The summed E-state index contributed by atoms with van der Waals surface area (Å²) in [4.78, 5) is 27.0. The zero-order valence-corrected chi connectivity index (χ0v) is 16.1. The van der Waals surface area contributed by atoms with Gasteiger partial charge in [-0.15, -0.1) is 0 Å². The molecule has 0 unspecified atom stereocenters. The number of amides is 2. The molecule has 0 aromatic heterocycles. The Bertz CT molecular complexity index is 610. The highest BCUT2D eigenvalue weighted by molar-refractivity contribution is 6.02. The summed E-state index contributed by atoms with van der Waals surface area (Å²) >= 11 is 0. The first-order valence-electron chi connectivity index (χ1n) is 9.42. The third-order valence-electron chi connectivity index (χ3n) is 4.78. The van der Waals surface area contributed by atoms with Crippen molar-refractivity contribution in [2.75, 3.05) is 44.6 Å². The maximum absolute atomic E-state index is 12.6. The number of methoxy groups -OCH3 is 1. The molecule has 0 spiro atoms. The summed E-state index contributed by atoms with van der Waals surface area (Å²) in [5.74, 6) is 0.0101. The number of nitrogens with zero attached hydrogens (tertiary/aromatic N) is 1. The lowest BCUT2D eigenvalue weighted by atomic mass is 9.88. The van der Waals surface area contributed by atoms with Gasteiger partial charge in [0, 0.05) is 51.6 Å². The van der Waals surface area contributed by atoms with Crippen molar-refractivity contribution in [3.63, 3.8) is 0 Å². The van der Waals surface area contributed by atoms with E-state index in [1.165, 1.54) is 6.42 Å². The van der Waals surface area contributed by atoms with E-state index < -0.39 is 0 Å². The number of nitrogens with one attached hydrogen (secondary N) is 2. The fourth-order valence-corrected chi connectivity index (χ4v) is 3.31. The number of hydrogen-bond donors (Lipinski definition) is 2. The summed E-state index contributed by atoms with van der Waals surface area (Å²) in [7, 11) is 5.44. The lowest BCUT2D eigenvalue weighted by Crippen LogP contribution is -2.28. The Kier molecular flexibility index (Phi) is 7.91. The van der Waals surface area contributed by atoms with Crippen LogP contribution in [0.3, 0.4) is 0 Å². The van der Waals surface area contributed by atoms with E-state index in [0.717, 1.165) is 37.8 Å². The van der Waals surface area contributed by atoms with Gasteiger partial charge in [-0.1, -0.05) is 19.3 Å². The van der Waals surface area contributed by atoms with Gasteiger partial charge in [0.2, 0.25) is 5.91 Å². The molecular formula is C20H31N3O3. The van der Waals surface area contributed by atoms with Crippen molar-refractivity contribution >= 4 is 23.2 Å². The molecular weight excluding hydrogens is 330 g/mol. The average molecular weight is 361 g/mol. The van der Waals surface area contributed by atoms with Gasteiger partial charge in [-0.05, 0) is 37.5 Å². The minimum absolute atomic E-state index is 0.0637. The molecule has 2 N–H and O–H groups in total. The van der Waals surface area contributed by atoms with Crippen molar-refractivity contribution in [1.29, 1.82) is 0 Å². The first-order valence-corrected chi connectivity index (χ1v) is 9.42. The van der Waals surface area contributed by atoms with E-state index >= 15 is 0 Å². The van der Waals surface area contributed by atoms with Crippen LogP contribution in [0.4, 0.5) is 11.4 Å². The van der Waals surface area contributed by atoms with Crippen molar-refractivity contribution in [3.8, 4) is 0 Å². The fraction of sp³-hybridized carbons (Fsp3) is 0.600. The molecule has 1 fully saturated rings. The van der Waals surface area contributed by atoms with E-state index in [9.17, 15) is 9.59 Å². The summed E-state index contributed by atoms with van der Waals surface area (Å²) in [6.45, 7) is 1.16. The van der Waals surface area contributed by atoms with Crippen LogP contribution in [0.2, 0.25) is 0 Å². The molecule has 0 saturated heterocycles. The molecule has 1 aliphatic carbocycles. The van der Waals surface area contributed by atoms with E-state index in [1.54, 1.807) is 13.2 Å². The van der Waals surface area contributed by atoms with Crippen molar-refractivity contribution in [2.24, 2.45) is 5.92 Å². The minimum atomic E-state index is -0.140. The Morgan fingerprint density at radius 3 is 2.58 bits per heavy atom. The van der Waals surface area contributed by atoms with Crippen LogP contribution in [0.1, 0.15) is 48.9 Å². The molecule has 6 heteroatoms. The second kappa shape index (κ2) is 10.2. The minimum Gasteiger partial charge on any atom is -0.385 e. The van der Waals surface area contributed by atoms with E-state index in [4.69, 9.17) is 4.74 Å². The zero-order chi connectivity index (χ0) is 18.9. The molecule has 0 radical (unpaired) electrons. The van der Waals surface area contributed by atoms with Crippen molar-refractivity contribution in [1.82, 2.24) is 5.32 Å². The number of hydrogen-bond acceptors (Lipinski definition) is 4. The topological polar surface area (TPSA) is 70.7 Å². The first kappa shape index (κ1) is 20.2. The van der Waals surface area contributed by atoms with E-state index in [-0.39, 0.29) is 17.7 Å². The first-order chi connectivity index (χ1) is 12.5. The summed E-state index contributed by atoms with van der Waals surface area (Å²) in [5.41, 5.74) is 2.06. The highest BCUT2D eigenvalue weighted by Crippen LogP contribution is 2.27. The molecule has 0 heterocycles. The van der Waals surface area contributed by atoms with Crippen LogP contribution in [-0.4, -0.2) is 46.2 Å². The SMILES string of the molecule is COCCCNC(=O)c1cc(NC(=O)C2CCCCC2)ccc1N(C)C. The smallest absolute Gasteiger partial charge is 0.253 e. The van der Waals surface area contributed by atoms with Crippen LogP contribution in [0.15, 0.2) is 18.2 Å². The lowest BCUT2D eigenvalue weighted by molar-refractivity contribution is -0.120. The van der Waals surface area contributed by atoms with Gasteiger partial charge >= 0.3 is 0 Å². The molecule has 6 nitrogen and oxygen atoms in total. The lowest BCUT2D eigenvalue weighted by Gasteiger charge is -2.22. The maximum Gasteiger partial charge on any atom is 0.253 e. The fourth-order valence-electron chi connectivity index (χ4n) is 3.31.